The standard InChI is InChI=1S/C8H13FO3/c1-3-4-5-6(10)7(9)8(11)12-2/h7H,3-5H2,1-2H3. The van der Waals surface area contributed by atoms with Crippen molar-refractivity contribution in [3.63, 3.8) is 0 Å². The van der Waals surface area contributed by atoms with Crippen molar-refractivity contribution in [1.82, 2.24) is 0 Å². The van der Waals surface area contributed by atoms with E-state index in [0.717, 1.165) is 13.5 Å². The molecule has 4 heteroatoms. The summed E-state index contributed by atoms with van der Waals surface area (Å²) in [5, 5.41) is 0. The second-order valence-electron chi connectivity index (χ2n) is 2.46. The number of hydrogen-bond donors (Lipinski definition) is 0. The third-order valence-corrected chi connectivity index (χ3v) is 1.47. The van der Waals surface area contributed by atoms with Gasteiger partial charge in [-0.3, -0.25) is 4.79 Å². The van der Waals surface area contributed by atoms with Gasteiger partial charge in [0, 0.05) is 6.42 Å². The SMILES string of the molecule is CCCCC(=O)C(F)C(=O)OC. The molecule has 0 amide bonds. The largest absolute Gasteiger partial charge is 0.467 e. The molecule has 0 rings (SSSR count). The van der Waals surface area contributed by atoms with Crippen molar-refractivity contribution < 1.29 is 18.7 Å². The molecule has 0 aliphatic heterocycles. The van der Waals surface area contributed by atoms with Gasteiger partial charge < -0.3 is 4.74 Å². The van der Waals surface area contributed by atoms with Crippen molar-refractivity contribution >= 4 is 11.8 Å². The Morgan fingerprint density at radius 1 is 1.50 bits per heavy atom. The summed E-state index contributed by atoms with van der Waals surface area (Å²) < 4.78 is 16.8. The molecule has 0 saturated heterocycles. The average molecular weight is 176 g/mol. The number of esters is 1. The molecule has 0 N–H and O–H groups in total. The Balaban J connectivity index is 3.84. The van der Waals surface area contributed by atoms with Crippen LogP contribution in [0.1, 0.15) is 26.2 Å². The van der Waals surface area contributed by atoms with E-state index in [1.165, 1.54) is 0 Å². The first-order valence-electron chi connectivity index (χ1n) is 3.88. The second kappa shape index (κ2) is 5.69. The minimum atomic E-state index is -2.10. The van der Waals surface area contributed by atoms with Crippen molar-refractivity contribution in [3.05, 3.63) is 0 Å². The van der Waals surface area contributed by atoms with E-state index >= 15 is 0 Å². The minimum Gasteiger partial charge on any atom is -0.467 e. The lowest BCUT2D eigenvalue weighted by molar-refractivity contribution is -0.150. The highest BCUT2D eigenvalue weighted by Crippen LogP contribution is 2.03. The highest BCUT2D eigenvalue weighted by Gasteiger charge is 2.25. The molecule has 1 unspecified atom stereocenters. The first kappa shape index (κ1) is 11.1. The Morgan fingerprint density at radius 3 is 2.50 bits per heavy atom. The normalized spacial score (nSPS) is 12.2. The molecular formula is C8H13FO3. The summed E-state index contributed by atoms with van der Waals surface area (Å²) in [6.07, 6.45) is -0.579. The van der Waals surface area contributed by atoms with Gasteiger partial charge in [0.1, 0.15) is 0 Å². The number of methoxy groups -OCH3 is 1. The van der Waals surface area contributed by atoms with Crippen LogP contribution in [0.4, 0.5) is 4.39 Å². The van der Waals surface area contributed by atoms with Crippen LogP contribution < -0.4 is 0 Å². The van der Waals surface area contributed by atoms with Gasteiger partial charge >= 0.3 is 5.97 Å². The number of alkyl halides is 1. The molecule has 0 heterocycles. The Kier molecular flexibility index (Phi) is 5.25. The zero-order chi connectivity index (χ0) is 9.56. The number of carbonyl (C=O) groups excluding carboxylic acids is 2. The fraction of sp³-hybridized carbons (Fsp3) is 0.750. The van der Waals surface area contributed by atoms with Gasteiger partial charge in [-0.25, -0.2) is 9.18 Å². The molecule has 0 spiro atoms. The summed E-state index contributed by atoms with van der Waals surface area (Å²) in [6.45, 7) is 1.89. The predicted molar refractivity (Wildman–Crippen MR) is 41.4 cm³/mol. The number of unbranched alkanes of at least 4 members (excludes halogenated alkanes) is 1. The molecule has 0 aliphatic rings. The van der Waals surface area contributed by atoms with Gasteiger partial charge in [-0.15, -0.1) is 0 Å². The molecule has 0 aromatic heterocycles. The molecule has 0 bridgehead atoms. The minimum absolute atomic E-state index is 0.104. The lowest BCUT2D eigenvalue weighted by Crippen LogP contribution is -2.26. The number of ether oxygens (including phenoxy) is 1. The van der Waals surface area contributed by atoms with Crippen LogP contribution in [0.5, 0.6) is 0 Å². The molecule has 70 valence electrons. The van der Waals surface area contributed by atoms with E-state index in [-0.39, 0.29) is 6.42 Å². The lowest BCUT2D eigenvalue weighted by atomic mass is 10.1. The number of hydrogen-bond acceptors (Lipinski definition) is 3. The van der Waals surface area contributed by atoms with Gasteiger partial charge in [-0.05, 0) is 6.42 Å². The summed E-state index contributed by atoms with van der Waals surface area (Å²) >= 11 is 0. The summed E-state index contributed by atoms with van der Waals surface area (Å²) in [7, 11) is 1.06. The van der Waals surface area contributed by atoms with Gasteiger partial charge in [-0.1, -0.05) is 13.3 Å². The zero-order valence-corrected chi connectivity index (χ0v) is 7.30. The van der Waals surface area contributed by atoms with E-state index in [4.69, 9.17) is 0 Å². The third kappa shape index (κ3) is 3.46. The van der Waals surface area contributed by atoms with Crippen LogP contribution in [0, 0.1) is 0 Å². The van der Waals surface area contributed by atoms with Crippen molar-refractivity contribution in [3.8, 4) is 0 Å². The smallest absolute Gasteiger partial charge is 0.348 e. The van der Waals surface area contributed by atoms with E-state index in [1.54, 1.807) is 0 Å². The van der Waals surface area contributed by atoms with Crippen LogP contribution in [-0.2, 0) is 14.3 Å². The second-order valence-corrected chi connectivity index (χ2v) is 2.46. The summed E-state index contributed by atoms with van der Waals surface area (Å²) in [6, 6.07) is 0. The van der Waals surface area contributed by atoms with Gasteiger partial charge in [0.05, 0.1) is 7.11 Å². The maximum atomic E-state index is 12.7. The maximum Gasteiger partial charge on any atom is 0.348 e. The molecule has 0 aromatic carbocycles. The van der Waals surface area contributed by atoms with Crippen molar-refractivity contribution in [2.75, 3.05) is 7.11 Å². The summed E-state index contributed by atoms with van der Waals surface area (Å²) in [5.74, 6) is -1.79. The van der Waals surface area contributed by atoms with Gasteiger partial charge in [-0.2, -0.15) is 0 Å². The lowest BCUT2D eigenvalue weighted by Gasteiger charge is -2.03. The highest BCUT2D eigenvalue weighted by molar-refractivity contribution is 6.01. The van der Waals surface area contributed by atoms with Crippen LogP contribution in [0.2, 0.25) is 0 Å². The Hall–Kier alpha value is -0.930. The van der Waals surface area contributed by atoms with Gasteiger partial charge in [0.2, 0.25) is 0 Å². The fourth-order valence-corrected chi connectivity index (χ4v) is 0.713. The molecule has 0 aliphatic carbocycles. The maximum absolute atomic E-state index is 12.7. The van der Waals surface area contributed by atoms with E-state index in [0.29, 0.717) is 6.42 Å². The van der Waals surface area contributed by atoms with E-state index in [9.17, 15) is 14.0 Å². The topological polar surface area (TPSA) is 43.4 Å². The molecule has 1 atom stereocenters. The molecular weight excluding hydrogens is 163 g/mol. The van der Waals surface area contributed by atoms with E-state index in [1.807, 2.05) is 6.92 Å². The summed E-state index contributed by atoms with van der Waals surface area (Å²) in [5.41, 5.74) is 0. The van der Waals surface area contributed by atoms with Crippen molar-refractivity contribution in [1.29, 1.82) is 0 Å². The Labute approximate surface area is 70.9 Å². The van der Waals surface area contributed by atoms with Gasteiger partial charge in [0.15, 0.2) is 5.78 Å². The number of halogens is 1. The van der Waals surface area contributed by atoms with E-state index in [2.05, 4.69) is 4.74 Å². The Morgan fingerprint density at radius 2 is 2.08 bits per heavy atom. The molecule has 0 radical (unpaired) electrons. The van der Waals surface area contributed by atoms with Crippen LogP contribution in [0.15, 0.2) is 0 Å². The average Bonchev–Trinajstić information content (AvgIpc) is 2.11. The summed E-state index contributed by atoms with van der Waals surface area (Å²) in [4.78, 5) is 21.3. The molecule has 12 heavy (non-hydrogen) atoms. The first-order valence-corrected chi connectivity index (χ1v) is 3.88. The monoisotopic (exact) mass is 176 g/mol. The highest BCUT2D eigenvalue weighted by atomic mass is 19.1. The number of rotatable bonds is 5. The molecule has 0 fully saturated rings. The molecule has 3 nitrogen and oxygen atoms in total. The van der Waals surface area contributed by atoms with Crippen LogP contribution in [0.25, 0.3) is 0 Å². The first-order chi connectivity index (χ1) is 5.63. The van der Waals surface area contributed by atoms with Crippen LogP contribution in [-0.4, -0.2) is 25.0 Å². The fourth-order valence-electron chi connectivity index (χ4n) is 0.713. The molecule has 0 aromatic rings. The molecule has 0 saturated carbocycles. The number of carbonyl (C=O) groups is 2. The number of Topliss-reactive ketones (excluding diaryl/α,β-unsaturated/α-hetero) is 1. The Bertz CT molecular complexity index is 168. The quantitative estimate of drug-likeness (QED) is 0.467. The predicted octanol–water partition coefficient (Wildman–Crippen LogP) is 1.26. The van der Waals surface area contributed by atoms with Crippen molar-refractivity contribution in [2.24, 2.45) is 0 Å². The third-order valence-electron chi connectivity index (χ3n) is 1.47. The zero-order valence-electron chi connectivity index (χ0n) is 7.30. The van der Waals surface area contributed by atoms with Crippen LogP contribution >= 0.6 is 0 Å². The number of ketones is 1. The van der Waals surface area contributed by atoms with E-state index < -0.39 is 17.9 Å². The van der Waals surface area contributed by atoms with Gasteiger partial charge in [0.25, 0.3) is 6.17 Å². The van der Waals surface area contributed by atoms with Crippen molar-refractivity contribution in [2.45, 2.75) is 32.4 Å². The van der Waals surface area contributed by atoms with Crippen LogP contribution in [0.3, 0.4) is 0 Å².